The van der Waals surface area contributed by atoms with E-state index in [0.29, 0.717) is 13.0 Å². The summed E-state index contributed by atoms with van der Waals surface area (Å²) in [7, 11) is 0. The van der Waals surface area contributed by atoms with Crippen molar-refractivity contribution in [3.8, 4) is 0 Å². The summed E-state index contributed by atoms with van der Waals surface area (Å²) in [5.41, 5.74) is 0.0431. The largest absolute Gasteiger partial charge is 0.481 e. The fourth-order valence-corrected chi connectivity index (χ4v) is 1.69. The van der Waals surface area contributed by atoms with E-state index in [0.717, 1.165) is 0 Å². The van der Waals surface area contributed by atoms with Gasteiger partial charge in [0.05, 0.1) is 0 Å². The lowest BCUT2D eigenvalue weighted by Crippen LogP contribution is -2.48. The second-order valence-electron chi connectivity index (χ2n) is 4.93. The molecule has 0 saturated carbocycles. The maximum Gasteiger partial charge on any atom is 0.316 e. The predicted octanol–water partition coefficient (Wildman–Crippen LogP) is 0.869. The third-order valence-electron chi connectivity index (χ3n) is 2.88. The first-order chi connectivity index (χ1) is 6.32. The molecule has 0 spiro atoms. The van der Waals surface area contributed by atoms with E-state index in [2.05, 4.69) is 26.1 Å². The SMILES string of the molecule is CC(C)(C)[C@@H]1CNC(=O)[C@@H](C(=O)O)C1. The van der Waals surface area contributed by atoms with Gasteiger partial charge in [0.2, 0.25) is 5.91 Å². The van der Waals surface area contributed by atoms with Gasteiger partial charge in [-0.05, 0) is 17.8 Å². The van der Waals surface area contributed by atoms with Gasteiger partial charge in [0.15, 0.2) is 0 Å². The number of amides is 1. The molecule has 1 heterocycles. The second-order valence-corrected chi connectivity index (χ2v) is 4.93. The molecule has 14 heavy (non-hydrogen) atoms. The monoisotopic (exact) mass is 199 g/mol. The van der Waals surface area contributed by atoms with Gasteiger partial charge in [0.1, 0.15) is 5.92 Å². The minimum Gasteiger partial charge on any atom is -0.481 e. The summed E-state index contributed by atoms with van der Waals surface area (Å²) in [5.74, 6) is -2.00. The van der Waals surface area contributed by atoms with Crippen LogP contribution in [0.1, 0.15) is 27.2 Å². The molecule has 0 unspecified atom stereocenters. The Labute approximate surface area is 83.7 Å². The number of carboxylic acid groups (broad SMARTS) is 1. The summed E-state index contributed by atoms with van der Waals surface area (Å²) in [6.07, 6.45) is 0.449. The van der Waals surface area contributed by atoms with Crippen LogP contribution in [0.5, 0.6) is 0 Å². The molecule has 1 rings (SSSR count). The predicted molar refractivity (Wildman–Crippen MR) is 51.7 cm³/mol. The van der Waals surface area contributed by atoms with E-state index >= 15 is 0 Å². The van der Waals surface area contributed by atoms with Crippen LogP contribution in [0.4, 0.5) is 0 Å². The number of piperidine rings is 1. The molecular weight excluding hydrogens is 182 g/mol. The van der Waals surface area contributed by atoms with Crippen molar-refractivity contribution < 1.29 is 14.7 Å². The fourth-order valence-electron chi connectivity index (χ4n) is 1.69. The molecule has 1 aliphatic rings. The number of carbonyl (C=O) groups is 2. The van der Waals surface area contributed by atoms with E-state index in [1.807, 2.05) is 0 Å². The molecular formula is C10H17NO3. The molecule has 80 valence electrons. The minimum absolute atomic E-state index is 0.0431. The Hall–Kier alpha value is -1.06. The molecule has 0 aromatic heterocycles. The molecule has 0 aliphatic carbocycles. The summed E-state index contributed by atoms with van der Waals surface area (Å²) in [4.78, 5) is 22.0. The maximum atomic E-state index is 11.2. The molecule has 1 aliphatic heterocycles. The lowest BCUT2D eigenvalue weighted by atomic mass is 9.74. The van der Waals surface area contributed by atoms with Gasteiger partial charge in [-0.1, -0.05) is 20.8 Å². The number of rotatable bonds is 1. The van der Waals surface area contributed by atoms with Crippen LogP contribution >= 0.6 is 0 Å². The third kappa shape index (κ3) is 2.25. The number of hydrogen-bond acceptors (Lipinski definition) is 2. The van der Waals surface area contributed by atoms with E-state index < -0.39 is 11.9 Å². The van der Waals surface area contributed by atoms with Gasteiger partial charge >= 0.3 is 5.97 Å². The first-order valence-electron chi connectivity index (χ1n) is 4.83. The molecule has 4 heteroatoms. The quantitative estimate of drug-likeness (QED) is 0.616. The van der Waals surface area contributed by atoms with Gasteiger partial charge in [-0.2, -0.15) is 0 Å². The van der Waals surface area contributed by atoms with Crippen molar-refractivity contribution in [1.29, 1.82) is 0 Å². The summed E-state index contributed by atoms with van der Waals surface area (Å²) >= 11 is 0. The van der Waals surface area contributed by atoms with Crippen LogP contribution in [-0.4, -0.2) is 23.5 Å². The van der Waals surface area contributed by atoms with Crippen molar-refractivity contribution in [2.45, 2.75) is 27.2 Å². The van der Waals surface area contributed by atoms with Crippen molar-refractivity contribution in [1.82, 2.24) is 5.32 Å². The van der Waals surface area contributed by atoms with Crippen LogP contribution in [0.2, 0.25) is 0 Å². The zero-order valence-corrected chi connectivity index (χ0v) is 8.83. The van der Waals surface area contributed by atoms with Crippen LogP contribution in [0, 0.1) is 17.3 Å². The molecule has 2 atom stereocenters. The number of carboxylic acids is 1. The second kappa shape index (κ2) is 3.59. The van der Waals surface area contributed by atoms with E-state index in [-0.39, 0.29) is 17.2 Å². The van der Waals surface area contributed by atoms with Crippen LogP contribution in [0.3, 0.4) is 0 Å². The first kappa shape index (κ1) is 11.0. The maximum absolute atomic E-state index is 11.2. The normalized spacial score (nSPS) is 28.4. The molecule has 1 amide bonds. The molecule has 1 fully saturated rings. The Morgan fingerprint density at radius 1 is 1.50 bits per heavy atom. The Bertz CT molecular complexity index is 255. The van der Waals surface area contributed by atoms with Crippen LogP contribution in [0.15, 0.2) is 0 Å². The third-order valence-corrected chi connectivity index (χ3v) is 2.88. The average molecular weight is 199 g/mol. The van der Waals surface area contributed by atoms with Crippen molar-refractivity contribution in [2.24, 2.45) is 17.3 Å². The van der Waals surface area contributed by atoms with Crippen molar-refractivity contribution in [3.05, 3.63) is 0 Å². The molecule has 0 radical (unpaired) electrons. The Morgan fingerprint density at radius 2 is 2.07 bits per heavy atom. The highest BCUT2D eigenvalue weighted by molar-refractivity contribution is 5.97. The number of carbonyl (C=O) groups excluding carboxylic acids is 1. The van der Waals surface area contributed by atoms with E-state index in [4.69, 9.17) is 5.11 Å². The van der Waals surface area contributed by atoms with Crippen LogP contribution in [0.25, 0.3) is 0 Å². The fraction of sp³-hybridized carbons (Fsp3) is 0.800. The summed E-state index contributed by atoms with van der Waals surface area (Å²) in [5, 5.41) is 11.5. The van der Waals surface area contributed by atoms with Gasteiger partial charge in [-0.15, -0.1) is 0 Å². The molecule has 4 nitrogen and oxygen atoms in total. The van der Waals surface area contributed by atoms with Gasteiger partial charge in [-0.25, -0.2) is 0 Å². The van der Waals surface area contributed by atoms with Crippen molar-refractivity contribution >= 4 is 11.9 Å². The lowest BCUT2D eigenvalue weighted by Gasteiger charge is -2.36. The molecule has 1 saturated heterocycles. The van der Waals surface area contributed by atoms with Crippen LogP contribution in [-0.2, 0) is 9.59 Å². The molecule has 2 N–H and O–H groups in total. The standard InChI is InChI=1S/C10H17NO3/c1-10(2,3)6-4-7(9(13)14)8(12)11-5-6/h6-7H,4-5H2,1-3H3,(H,11,12)(H,13,14)/t6-,7-/m0/s1. The summed E-state index contributed by atoms with van der Waals surface area (Å²) in [6, 6.07) is 0. The van der Waals surface area contributed by atoms with Gasteiger partial charge in [-0.3, -0.25) is 9.59 Å². The van der Waals surface area contributed by atoms with E-state index in [1.54, 1.807) is 0 Å². The van der Waals surface area contributed by atoms with Gasteiger partial charge in [0, 0.05) is 6.54 Å². The zero-order chi connectivity index (χ0) is 10.9. The highest BCUT2D eigenvalue weighted by atomic mass is 16.4. The van der Waals surface area contributed by atoms with E-state index in [9.17, 15) is 9.59 Å². The highest BCUT2D eigenvalue weighted by Crippen LogP contribution is 2.33. The number of aliphatic carboxylic acids is 1. The molecule has 0 aromatic carbocycles. The van der Waals surface area contributed by atoms with Crippen molar-refractivity contribution in [3.63, 3.8) is 0 Å². The Kier molecular flexibility index (Phi) is 2.83. The van der Waals surface area contributed by atoms with E-state index in [1.165, 1.54) is 0 Å². The molecule has 0 aromatic rings. The minimum atomic E-state index is -1.02. The highest BCUT2D eigenvalue weighted by Gasteiger charge is 2.38. The Morgan fingerprint density at radius 3 is 2.50 bits per heavy atom. The number of hydrogen-bond donors (Lipinski definition) is 2. The topological polar surface area (TPSA) is 66.4 Å². The van der Waals surface area contributed by atoms with Gasteiger partial charge in [0.25, 0.3) is 0 Å². The number of nitrogens with one attached hydrogen (secondary N) is 1. The smallest absolute Gasteiger partial charge is 0.316 e. The summed E-state index contributed by atoms with van der Waals surface area (Å²) < 4.78 is 0. The zero-order valence-electron chi connectivity index (χ0n) is 8.83. The van der Waals surface area contributed by atoms with Crippen LogP contribution < -0.4 is 5.32 Å². The van der Waals surface area contributed by atoms with Gasteiger partial charge < -0.3 is 10.4 Å². The summed E-state index contributed by atoms with van der Waals surface area (Å²) in [6.45, 7) is 6.78. The average Bonchev–Trinajstić information content (AvgIpc) is 2.02. The Balaban J connectivity index is 2.72. The first-order valence-corrected chi connectivity index (χ1v) is 4.83. The molecule has 0 bridgehead atoms. The lowest BCUT2D eigenvalue weighted by molar-refractivity contribution is -0.149. The van der Waals surface area contributed by atoms with Crippen molar-refractivity contribution in [2.75, 3.05) is 6.54 Å².